The molecule has 22 heavy (non-hydrogen) atoms. The van der Waals surface area contributed by atoms with Gasteiger partial charge in [-0.3, -0.25) is 9.67 Å². The highest BCUT2D eigenvalue weighted by molar-refractivity contribution is 5.66. The maximum absolute atomic E-state index is 4.78. The van der Waals surface area contributed by atoms with E-state index in [9.17, 15) is 0 Å². The van der Waals surface area contributed by atoms with Crippen molar-refractivity contribution in [3.8, 4) is 0 Å². The summed E-state index contributed by atoms with van der Waals surface area (Å²) in [6, 6.07) is 8.99. The van der Waals surface area contributed by atoms with Crippen LogP contribution in [-0.4, -0.2) is 14.8 Å². The zero-order valence-electron chi connectivity index (χ0n) is 13.4. The molecule has 0 amide bonds. The van der Waals surface area contributed by atoms with Crippen LogP contribution in [0.25, 0.3) is 12.2 Å². The van der Waals surface area contributed by atoms with Crippen LogP contribution in [0.2, 0.25) is 0 Å². The minimum Gasteiger partial charge on any atom is -0.263 e. The van der Waals surface area contributed by atoms with Crippen molar-refractivity contribution >= 4 is 12.2 Å². The Morgan fingerprint density at radius 2 is 1.77 bits per heavy atom. The Hall–Kier alpha value is -1.90. The van der Waals surface area contributed by atoms with Gasteiger partial charge in [0.1, 0.15) is 0 Å². The monoisotopic (exact) mass is 293 g/mol. The molecule has 3 nitrogen and oxygen atoms in total. The first kappa shape index (κ1) is 13.7. The number of hydrogen-bond donors (Lipinski definition) is 0. The van der Waals surface area contributed by atoms with Crippen LogP contribution in [0.15, 0.2) is 24.3 Å². The highest BCUT2D eigenvalue weighted by atomic mass is 15.3. The minimum absolute atomic E-state index is 0.387. The van der Waals surface area contributed by atoms with E-state index in [4.69, 9.17) is 10.1 Å². The summed E-state index contributed by atoms with van der Waals surface area (Å²) in [5.74, 6) is 1.40. The van der Waals surface area contributed by atoms with E-state index in [-0.39, 0.29) is 0 Å². The molecule has 114 valence electrons. The van der Waals surface area contributed by atoms with Crippen LogP contribution in [-0.2, 0) is 0 Å². The Morgan fingerprint density at radius 3 is 2.45 bits per heavy atom. The smallest absolute Gasteiger partial charge is 0.0661 e. The molecule has 0 unspecified atom stereocenters. The number of aromatic nitrogens is 3. The van der Waals surface area contributed by atoms with Crippen molar-refractivity contribution in [2.24, 2.45) is 0 Å². The lowest BCUT2D eigenvalue weighted by atomic mass is 10.2. The largest absolute Gasteiger partial charge is 0.263 e. The van der Waals surface area contributed by atoms with Gasteiger partial charge in [0.15, 0.2) is 0 Å². The standard InChI is InChI=1S/C19H23N3/c1-13(2)22-17(12-19(21-22)15-8-9-15)11-10-16-4-3-5-18(20-16)14-6-7-14/h3-5,10-15H,6-9H2,1-2H3/b11-10+. The van der Waals surface area contributed by atoms with Crippen molar-refractivity contribution in [2.45, 2.75) is 57.4 Å². The molecule has 0 radical (unpaired) electrons. The third-order valence-corrected chi connectivity index (χ3v) is 4.48. The van der Waals surface area contributed by atoms with Gasteiger partial charge in [-0.05, 0) is 69.9 Å². The molecule has 2 heterocycles. The van der Waals surface area contributed by atoms with Crippen molar-refractivity contribution in [3.05, 3.63) is 47.0 Å². The highest BCUT2D eigenvalue weighted by Crippen LogP contribution is 2.40. The lowest BCUT2D eigenvalue weighted by Crippen LogP contribution is -2.05. The van der Waals surface area contributed by atoms with E-state index in [1.165, 1.54) is 42.8 Å². The normalized spacial score (nSPS) is 18.5. The van der Waals surface area contributed by atoms with Crippen molar-refractivity contribution in [1.29, 1.82) is 0 Å². The summed E-state index contributed by atoms with van der Waals surface area (Å²) in [5.41, 5.74) is 4.75. The van der Waals surface area contributed by atoms with Gasteiger partial charge in [-0.2, -0.15) is 5.10 Å². The molecule has 2 aromatic rings. The van der Waals surface area contributed by atoms with E-state index in [1.54, 1.807) is 0 Å². The third kappa shape index (κ3) is 2.85. The van der Waals surface area contributed by atoms with Crippen LogP contribution in [0.3, 0.4) is 0 Å². The molecule has 0 spiro atoms. The Morgan fingerprint density at radius 1 is 1.05 bits per heavy atom. The summed E-state index contributed by atoms with van der Waals surface area (Å²) in [5, 5.41) is 4.78. The molecular formula is C19H23N3. The molecular weight excluding hydrogens is 270 g/mol. The first-order valence-corrected chi connectivity index (χ1v) is 8.45. The molecule has 0 saturated heterocycles. The topological polar surface area (TPSA) is 30.7 Å². The van der Waals surface area contributed by atoms with Crippen molar-refractivity contribution in [3.63, 3.8) is 0 Å². The lowest BCUT2D eigenvalue weighted by Gasteiger charge is -2.08. The number of hydrogen-bond acceptors (Lipinski definition) is 2. The van der Waals surface area contributed by atoms with Crippen LogP contribution < -0.4 is 0 Å². The van der Waals surface area contributed by atoms with Crippen molar-refractivity contribution < 1.29 is 0 Å². The lowest BCUT2D eigenvalue weighted by molar-refractivity contribution is 0.523. The molecule has 2 saturated carbocycles. The second kappa shape index (κ2) is 5.38. The zero-order valence-corrected chi connectivity index (χ0v) is 13.4. The van der Waals surface area contributed by atoms with Gasteiger partial charge >= 0.3 is 0 Å². The summed E-state index contributed by atoms with van der Waals surface area (Å²) >= 11 is 0. The minimum atomic E-state index is 0.387. The molecule has 2 aromatic heterocycles. The molecule has 4 rings (SSSR count). The van der Waals surface area contributed by atoms with Gasteiger partial charge in [-0.25, -0.2) is 0 Å². The van der Waals surface area contributed by atoms with Crippen LogP contribution in [0.5, 0.6) is 0 Å². The third-order valence-electron chi connectivity index (χ3n) is 4.48. The Bertz CT molecular complexity index is 703. The van der Waals surface area contributed by atoms with E-state index in [0.29, 0.717) is 17.9 Å². The summed E-state index contributed by atoms with van der Waals surface area (Å²) in [7, 11) is 0. The van der Waals surface area contributed by atoms with Gasteiger partial charge in [0.05, 0.1) is 17.1 Å². The molecule has 0 aliphatic heterocycles. The van der Waals surface area contributed by atoms with Gasteiger partial charge < -0.3 is 0 Å². The van der Waals surface area contributed by atoms with E-state index < -0.39 is 0 Å². The number of rotatable bonds is 5. The molecule has 0 atom stereocenters. The SMILES string of the molecule is CC(C)n1nc(C2CC2)cc1/C=C/c1cccc(C2CC2)n1. The molecule has 0 N–H and O–H groups in total. The molecule has 2 aliphatic rings. The van der Waals surface area contributed by atoms with E-state index in [2.05, 4.69) is 54.9 Å². The predicted octanol–water partition coefficient (Wildman–Crippen LogP) is 4.78. The predicted molar refractivity (Wildman–Crippen MR) is 89.7 cm³/mol. The maximum atomic E-state index is 4.78. The van der Waals surface area contributed by atoms with E-state index >= 15 is 0 Å². The van der Waals surface area contributed by atoms with Crippen molar-refractivity contribution in [1.82, 2.24) is 14.8 Å². The number of pyridine rings is 1. The number of nitrogens with zero attached hydrogens (tertiary/aromatic N) is 3. The van der Waals surface area contributed by atoms with Crippen LogP contribution in [0.4, 0.5) is 0 Å². The average molecular weight is 293 g/mol. The fraction of sp³-hybridized carbons (Fsp3) is 0.474. The quantitative estimate of drug-likeness (QED) is 0.794. The maximum Gasteiger partial charge on any atom is 0.0661 e. The Balaban J connectivity index is 1.60. The molecule has 3 heteroatoms. The van der Waals surface area contributed by atoms with Crippen LogP contribution in [0, 0.1) is 0 Å². The average Bonchev–Trinajstić information content (AvgIpc) is 3.42. The fourth-order valence-corrected chi connectivity index (χ4v) is 2.88. The van der Waals surface area contributed by atoms with Gasteiger partial charge in [0.25, 0.3) is 0 Å². The Labute approximate surface area is 132 Å². The van der Waals surface area contributed by atoms with Crippen molar-refractivity contribution in [2.75, 3.05) is 0 Å². The fourth-order valence-electron chi connectivity index (χ4n) is 2.88. The van der Waals surface area contributed by atoms with Gasteiger partial charge in [0.2, 0.25) is 0 Å². The van der Waals surface area contributed by atoms with Crippen LogP contribution >= 0.6 is 0 Å². The van der Waals surface area contributed by atoms with Gasteiger partial charge in [0, 0.05) is 23.6 Å². The summed E-state index contributed by atoms with van der Waals surface area (Å²) in [4.78, 5) is 4.76. The second-order valence-electron chi connectivity index (χ2n) is 6.90. The van der Waals surface area contributed by atoms with E-state index in [0.717, 1.165) is 5.69 Å². The molecule has 0 bridgehead atoms. The first-order chi connectivity index (χ1) is 10.7. The molecule has 2 aliphatic carbocycles. The second-order valence-corrected chi connectivity index (χ2v) is 6.90. The highest BCUT2D eigenvalue weighted by Gasteiger charge is 2.27. The summed E-state index contributed by atoms with van der Waals surface area (Å²) in [6.45, 7) is 4.37. The first-order valence-electron chi connectivity index (χ1n) is 8.45. The van der Waals surface area contributed by atoms with E-state index in [1.807, 2.05) is 0 Å². The van der Waals surface area contributed by atoms with Crippen LogP contribution in [0.1, 0.15) is 80.2 Å². The van der Waals surface area contributed by atoms with Gasteiger partial charge in [-0.1, -0.05) is 6.07 Å². The summed E-state index contributed by atoms with van der Waals surface area (Å²) < 4.78 is 2.13. The Kier molecular flexibility index (Phi) is 3.36. The summed E-state index contributed by atoms with van der Waals surface area (Å²) in [6.07, 6.45) is 9.47. The molecule has 2 fully saturated rings. The molecule has 0 aromatic carbocycles. The zero-order chi connectivity index (χ0) is 15.1. The van der Waals surface area contributed by atoms with Gasteiger partial charge in [-0.15, -0.1) is 0 Å².